The minimum Gasteiger partial charge on any atom is -0.497 e. The lowest BCUT2D eigenvalue weighted by atomic mass is 10.0. The summed E-state index contributed by atoms with van der Waals surface area (Å²) in [5.41, 5.74) is 1.83. The van der Waals surface area contributed by atoms with E-state index in [0.717, 1.165) is 48.4 Å². The fourth-order valence-electron chi connectivity index (χ4n) is 4.22. The molecule has 0 spiro atoms. The summed E-state index contributed by atoms with van der Waals surface area (Å²) in [6, 6.07) is 7.76. The summed E-state index contributed by atoms with van der Waals surface area (Å²) in [6.45, 7) is 8.42. The fraction of sp³-hybridized carbons (Fsp3) is 0.625. The molecule has 5 heteroatoms. The summed E-state index contributed by atoms with van der Waals surface area (Å²) in [5.74, 6) is 0.794. The Morgan fingerprint density at radius 3 is 2.48 bits per heavy atom. The van der Waals surface area contributed by atoms with Gasteiger partial charge in [-0.05, 0) is 42.8 Å². The van der Waals surface area contributed by atoms with Gasteiger partial charge in [-0.25, -0.2) is 0 Å². The van der Waals surface area contributed by atoms with Crippen LogP contribution in [0.4, 0.5) is 0 Å². The fourth-order valence-corrected chi connectivity index (χ4v) is 4.22. The summed E-state index contributed by atoms with van der Waals surface area (Å²) in [7, 11) is 1.67. The molecule has 1 N–H and O–H groups in total. The minimum absolute atomic E-state index is 0.516. The number of benzene rings is 1. The predicted octanol–water partition coefficient (Wildman–Crippen LogP) is 4.25. The van der Waals surface area contributed by atoms with Crippen LogP contribution in [0, 0.1) is 0 Å². The van der Waals surface area contributed by atoms with E-state index in [2.05, 4.69) is 21.7 Å². The molecule has 2 aromatic rings. The number of methoxy groups -OCH3 is 1. The topological polar surface area (TPSA) is 48.8 Å². The Hall–Kier alpha value is -1.69. The van der Waals surface area contributed by atoms with Crippen molar-refractivity contribution in [1.29, 1.82) is 0 Å². The standard InChI is InChI=1S/C24H37N3O2/c1-3-4-5-6-7-8-13-26-14-16-27(17-15-26)19-24(28)21-11-12-25-23-10-9-20(29-2)18-22(21)23/h9-12,18,24,28H,3-8,13-17,19H2,1-2H3/t24-/m0/s1. The zero-order chi connectivity index (χ0) is 20.5. The second-order valence-electron chi connectivity index (χ2n) is 8.21. The number of ether oxygens (including phenoxy) is 1. The molecule has 1 atom stereocenters. The maximum absolute atomic E-state index is 10.9. The van der Waals surface area contributed by atoms with Gasteiger partial charge in [0.2, 0.25) is 0 Å². The Labute approximate surface area is 175 Å². The monoisotopic (exact) mass is 399 g/mol. The lowest BCUT2D eigenvalue weighted by molar-refractivity contribution is 0.0726. The highest BCUT2D eigenvalue weighted by Gasteiger charge is 2.21. The Balaban J connectivity index is 1.46. The van der Waals surface area contributed by atoms with Crippen LogP contribution in [0.25, 0.3) is 10.9 Å². The van der Waals surface area contributed by atoms with Crippen molar-refractivity contribution in [3.05, 3.63) is 36.0 Å². The Morgan fingerprint density at radius 1 is 1.00 bits per heavy atom. The van der Waals surface area contributed by atoms with Crippen LogP contribution in [0.2, 0.25) is 0 Å². The second kappa shape index (κ2) is 11.5. The van der Waals surface area contributed by atoms with Crippen LogP contribution < -0.4 is 4.74 Å². The minimum atomic E-state index is -0.516. The lowest BCUT2D eigenvalue weighted by Crippen LogP contribution is -2.47. The molecule has 1 aliphatic rings. The highest BCUT2D eigenvalue weighted by molar-refractivity contribution is 5.83. The number of aliphatic hydroxyl groups excluding tert-OH is 1. The number of piperazine rings is 1. The number of β-amino-alcohol motifs (C(OH)–C–C–N with tert-alkyl or cyclic N) is 1. The van der Waals surface area contributed by atoms with Crippen LogP contribution in [0.15, 0.2) is 30.5 Å². The lowest BCUT2D eigenvalue weighted by Gasteiger charge is -2.35. The number of aliphatic hydroxyl groups is 1. The van der Waals surface area contributed by atoms with E-state index in [1.54, 1.807) is 13.3 Å². The van der Waals surface area contributed by atoms with E-state index in [1.807, 2.05) is 24.3 Å². The summed E-state index contributed by atoms with van der Waals surface area (Å²) in [5, 5.41) is 11.9. The van der Waals surface area contributed by atoms with E-state index in [-0.39, 0.29) is 0 Å². The normalized spacial score (nSPS) is 16.9. The molecule has 29 heavy (non-hydrogen) atoms. The molecule has 1 aromatic carbocycles. The maximum Gasteiger partial charge on any atom is 0.119 e. The second-order valence-corrected chi connectivity index (χ2v) is 8.21. The van der Waals surface area contributed by atoms with E-state index in [9.17, 15) is 5.11 Å². The van der Waals surface area contributed by atoms with Gasteiger partial charge in [-0.3, -0.25) is 9.88 Å². The third-order valence-corrected chi connectivity index (χ3v) is 6.07. The molecule has 0 aliphatic carbocycles. The van der Waals surface area contributed by atoms with Gasteiger partial charge in [0.15, 0.2) is 0 Å². The first-order chi connectivity index (χ1) is 14.2. The van der Waals surface area contributed by atoms with Gasteiger partial charge < -0.3 is 14.7 Å². The van der Waals surface area contributed by atoms with Gasteiger partial charge in [-0.15, -0.1) is 0 Å². The van der Waals surface area contributed by atoms with Gasteiger partial charge in [-0.1, -0.05) is 39.0 Å². The van der Waals surface area contributed by atoms with Crippen molar-refractivity contribution in [2.75, 3.05) is 46.4 Å². The van der Waals surface area contributed by atoms with Crippen LogP contribution in [-0.4, -0.2) is 66.3 Å². The first-order valence-corrected chi connectivity index (χ1v) is 11.3. The van der Waals surface area contributed by atoms with Gasteiger partial charge >= 0.3 is 0 Å². The van der Waals surface area contributed by atoms with Gasteiger partial charge in [0.05, 0.1) is 18.7 Å². The van der Waals surface area contributed by atoms with Crippen molar-refractivity contribution in [3.8, 4) is 5.75 Å². The molecular weight excluding hydrogens is 362 g/mol. The van der Waals surface area contributed by atoms with Crippen LogP contribution in [0.3, 0.4) is 0 Å². The molecule has 1 aliphatic heterocycles. The molecule has 5 nitrogen and oxygen atoms in total. The Bertz CT molecular complexity index is 744. The third kappa shape index (κ3) is 6.39. The van der Waals surface area contributed by atoms with E-state index >= 15 is 0 Å². The molecule has 160 valence electrons. The quantitative estimate of drug-likeness (QED) is 0.572. The first-order valence-electron chi connectivity index (χ1n) is 11.3. The first kappa shape index (κ1) is 22.0. The van der Waals surface area contributed by atoms with Gasteiger partial charge in [0.25, 0.3) is 0 Å². The Kier molecular flexibility index (Phi) is 8.71. The molecule has 3 rings (SSSR count). The number of fused-ring (bicyclic) bond motifs is 1. The molecule has 1 saturated heterocycles. The van der Waals surface area contributed by atoms with Gasteiger partial charge in [-0.2, -0.15) is 0 Å². The van der Waals surface area contributed by atoms with Crippen LogP contribution in [0.1, 0.15) is 57.1 Å². The summed E-state index contributed by atoms with van der Waals surface area (Å²) >= 11 is 0. The van der Waals surface area contributed by atoms with Crippen molar-refractivity contribution in [3.63, 3.8) is 0 Å². The average molecular weight is 400 g/mol. The van der Waals surface area contributed by atoms with Crippen LogP contribution in [-0.2, 0) is 0 Å². The van der Waals surface area contributed by atoms with Gasteiger partial charge in [0.1, 0.15) is 5.75 Å². The van der Waals surface area contributed by atoms with Crippen molar-refractivity contribution in [2.45, 2.75) is 51.6 Å². The van der Waals surface area contributed by atoms with E-state index in [1.165, 1.54) is 45.1 Å². The zero-order valence-electron chi connectivity index (χ0n) is 18.1. The molecule has 1 aromatic heterocycles. The number of hydrogen-bond donors (Lipinski definition) is 1. The summed E-state index contributed by atoms with van der Waals surface area (Å²) in [4.78, 5) is 9.38. The molecule has 0 radical (unpaired) electrons. The average Bonchev–Trinajstić information content (AvgIpc) is 2.76. The molecular formula is C24H37N3O2. The van der Waals surface area contributed by atoms with Crippen molar-refractivity contribution in [1.82, 2.24) is 14.8 Å². The van der Waals surface area contributed by atoms with E-state index < -0.39 is 6.10 Å². The number of hydrogen-bond acceptors (Lipinski definition) is 5. The van der Waals surface area contributed by atoms with E-state index in [0.29, 0.717) is 6.54 Å². The predicted molar refractivity (Wildman–Crippen MR) is 120 cm³/mol. The largest absolute Gasteiger partial charge is 0.497 e. The third-order valence-electron chi connectivity index (χ3n) is 6.07. The number of pyridine rings is 1. The van der Waals surface area contributed by atoms with Gasteiger partial charge in [0, 0.05) is 44.3 Å². The smallest absolute Gasteiger partial charge is 0.119 e. The van der Waals surface area contributed by atoms with Crippen molar-refractivity contribution in [2.24, 2.45) is 0 Å². The van der Waals surface area contributed by atoms with Crippen molar-refractivity contribution < 1.29 is 9.84 Å². The van der Waals surface area contributed by atoms with Crippen LogP contribution in [0.5, 0.6) is 5.75 Å². The SMILES string of the molecule is CCCCCCCCN1CCN(C[C@H](O)c2ccnc3ccc(OC)cc23)CC1. The highest BCUT2D eigenvalue weighted by Crippen LogP contribution is 2.27. The Morgan fingerprint density at radius 2 is 1.72 bits per heavy atom. The molecule has 2 heterocycles. The molecule has 0 amide bonds. The number of aromatic nitrogens is 1. The number of rotatable bonds is 11. The van der Waals surface area contributed by atoms with E-state index in [4.69, 9.17) is 4.74 Å². The highest BCUT2D eigenvalue weighted by atomic mass is 16.5. The van der Waals surface area contributed by atoms with Crippen LogP contribution >= 0.6 is 0 Å². The summed E-state index contributed by atoms with van der Waals surface area (Å²) in [6.07, 6.45) is 9.40. The maximum atomic E-state index is 10.9. The molecule has 0 unspecified atom stereocenters. The van der Waals surface area contributed by atoms with Crippen molar-refractivity contribution >= 4 is 10.9 Å². The molecule has 0 saturated carbocycles. The number of unbranched alkanes of at least 4 members (excludes halogenated alkanes) is 5. The molecule has 1 fully saturated rings. The molecule has 0 bridgehead atoms. The zero-order valence-corrected chi connectivity index (χ0v) is 18.1. The summed E-state index contributed by atoms with van der Waals surface area (Å²) < 4.78 is 5.35. The number of nitrogens with zero attached hydrogens (tertiary/aromatic N) is 3.